The summed E-state index contributed by atoms with van der Waals surface area (Å²) in [7, 11) is 1.89. The summed E-state index contributed by atoms with van der Waals surface area (Å²) in [6, 6.07) is 0. The van der Waals surface area contributed by atoms with Crippen LogP contribution in [0.3, 0.4) is 0 Å². The van der Waals surface area contributed by atoms with Crippen LogP contribution in [-0.2, 0) is 7.05 Å². The van der Waals surface area contributed by atoms with E-state index in [1.165, 1.54) is 6.33 Å². The first kappa shape index (κ1) is 8.19. The first-order valence-electron chi connectivity index (χ1n) is 3.72. The summed E-state index contributed by atoms with van der Waals surface area (Å²) in [5.74, 6) is 0.743. The van der Waals surface area contributed by atoms with Crippen molar-refractivity contribution < 1.29 is 0 Å². The van der Waals surface area contributed by atoms with Gasteiger partial charge in [-0.3, -0.25) is 0 Å². The molecule has 0 bridgehead atoms. The second-order valence-electron chi connectivity index (χ2n) is 2.58. The molecule has 0 N–H and O–H groups in total. The summed E-state index contributed by atoms with van der Waals surface area (Å²) >= 11 is 5.91. The Balaban J connectivity index is 2.59. The molecule has 0 unspecified atom stereocenters. The van der Waals surface area contributed by atoms with E-state index in [0.29, 0.717) is 10.7 Å². The van der Waals surface area contributed by atoms with Crippen LogP contribution in [0.4, 0.5) is 0 Å². The molecule has 0 saturated heterocycles. The van der Waals surface area contributed by atoms with Gasteiger partial charge >= 0.3 is 0 Å². The van der Waals surface area contributed by atoms with Crippen molar-refractivity contribution in [2.75, 3.05) is 0 Å². The molecule has 5 heteroatoms. The third-order valence-electron chi connectivity index (χ3n) is 1.70. The van der Waals surface area contributed by atoms with Crippen LogP contribution in [0.25, 0.3) is 11.5 Å². The van der Waals surface area contributed by atoms with Gasteiger partial charge in [0.2, 0.25) is 0 Å². The van der Waals surface area contributed by atoms with Crippen LogP contribution >= 0.6 is 11.6 Å². The van der Waals surface area contributed by atoms with Crippen LogP contribution in [0.5, 0.6) is 0 Å². The number of aromatic nitrogens is 4. The second-order valence-corrected chi connectivity index (χ2v) is 2.99. The molecule has 0 fully saturated rings. The van der Waals surface area contributed by atoms with E-state index in [1.807, 2.05) is 17.8 Å². The molecule has 0 aliphatic carbocycles. The van der Waals surface area contributed by atoms with Gasteiger partial charge in [-0.1, -0.05) is 11.6 Å². The van der Waals surface area contributed by atoms with E-state index in [4.69, 9.17) is 11.6 Å². The average molecular weight is 195 g/mol. The zero-order valence-corrected chi connectivity index (χ0v) is 7.73. The van der Waals surface area contributed by atoms with Crippen molar-refractivity contribution in [3.05, 3.63) is 29.9 Å². The summed E-state index contributed by atoms with van der Waals surface area (Å²) < 4.78 is 1.86. The summed E-state index contributed by atoms with van der Waals surface area (Å²) in [5.41, 5.74) is 0.657. The first-order valence-corrected chi connectivity index (χ1v) is 4.10. The van der Waals surface area contributed by atoms with Gasteiger partial charge in [-0.05, 0) is 0 Å². The predicted octanol–water partition coefficient (Wildman–Crippen LogP) is 1.53. The molecular formula is C8H7ClN4. The van der Waals surface area contributed by atoms with Gasteiger partial charge in [-0.15, -0.1) is 0 Å². The van der Waals surface area contributed by atoms with E-state index in [1.54, 1.807) is 12.4 Å². The SMILES string of the molecule is Cn1ccnc1-c1ncncc1Cl. The lowest BCUT2D eigenvalue weighted by atomic mass is 10.4. The highest BCUT2D eigenvalue weighted by molar-refractivity contribution is 6.32. The standard InChI is InChI=1S/C8H7ClN4/c1-13-3-2-11-8(13)7-6(9)4-10-5-12-7/h2-5H,1H3. The van der Waals surface area contributed by atoms with Gasteiger partial charge in [0, 0.05) is 25.6 Å². The molecule has 0 spiro atoms. The fourth-order valence-electron chi connectivity index (χ4n) is 1.07. The van der Waals surface area contributed by atoms with E-state index in [9.17, 15) is 0 Å². The molecule has 0 aromatic carbocycles. The molecule has 2 rings (SSSR count). The molecule has 0 radical (unpaired) electrons. The highest BCUT2D eigenvalue weighted by Gasteiger charge is 2.08. The third-order valence-corrected chi connectivity index (χ3v) is 1.98. The minimum Gasteiger partial charge on any atom is -0.333 e. The van der Waals surface area contributed by atoms with Crippen molar-refractivity contribution in [2.24, 2.45) is 7.05 Å². The molecule has 0 amide bonds. The van der Waals surface area contributed by atoms with Gasteiger partial charge in [0.15, 0.2) is 5.82 Å². The number of aryl methyl sites for hydroxylation is 1. The molecule has 2 aromatic rings. The van der Waals surface area contributed by atoms with Gasteiger partial charge in [0.25, 0.3) is 0 Å². The Morgan fingerprint density at radius 1 is 1.38 bits per heavy atom. The third kappa shape index (κ3) is 1.40. The lowest BCUT2D eigenvalue weighted by Gasteiger charge is -2.01. The quantitative estimate of drug-likeness (QED) is 0.692. The predicted molar refractivity (Wildman–Crippen MR) is 49.2 cm³/mol. The van der Waals surface area contributed by atoms with E-state index in [0.717, 1.165) is 5.82 Å². The smallest absolute Gasteiger partial charge is 0.160 e. The number of imidazole rings is 1. The monoisotopic (exact) mass is 194 g/mol. The number of nitrogens with zero attached hydrogens (tertiary/aromatic N) is 4. The van der Waals surface area contributed by atoms with Crippen molar-refractivity contribution in [1.82, 2.24) is 19.5 Å². The maximum Gasteiger partial charge on any atom is 0.160 e. The Kier molecular flexibility index (Phi) is 1.98. The van der Waals surface area contributed by atoms with E-state index in [2.05, 4.69) is 15.0 Å². The molecule has 2 aromatic heterocycles. The van der Waals surface area contributed by atoms with E-state index < -0.39 is 0 Å². The fraction of sp³-hybridized carbons (Fsp3) is 0.125. The van der Waals surface area contributed by atoms with Gasteiger partial charge < -0.3 is 4.57 Å². The molecule has 2 heterocycles. The maximum absolute atomic E-state index is 5.91. The molecule has 13 heavy (non-hydrogen) atoms. The van der Waals surface area contributed by atoms with Crippen LogP contribution in [0.1, 0.15) is 0 Å². The highest BCUT2D eigenvalue weighted by atomic mass is 35.5. The van der Waals surface area contributed by atoms with Crippen LogP contribution < -0.4 is 0 Å². The Hall–Kier alpha value is -1.42. The summed E-state index contributed by atoms with van der Waals surface area (Å²) in [6.07, 6.45) is 6.55. The van der Waals surface area contributed by atoms with Gasteiger partial charge in [-0.25, -0.2) is 15.0 Å². The summed E-state index contributed by atoms with van der Waals surface area (Å²) in [6.45, 7) is 0. The number of rotatable bonds is 1. The van der Waals surface area contributed by atoms with Crippen LogP contribution in [-0.4, -0.2) is 19.5 Å². The Morgan fingerprint density at radius 3 is 2.85 bits per heavy atom. The van der Waals surface area contributed by atoms with E-state index >= 15 is 0 Å². The van der Waals surface area contributed by atoms with Crippen molar-refractivity contribution in [3.63, 3.8) is 0 Å². The maximum atomic E-state index is 5.91. The lowest BCUT2D eigenvalue weighted by Crippen LogP contribution is -1.94. The number of halogens is 1. The lowest BCUT2D eigenvalue weighted by molar-refractivity contribution is 0.915. The zero-order chi connectivity index (χ0) is 9.26. The summed E-state index contributed by atoms with van der Waals surface area (Å²) in [4.78, 5) is 12.0. The van der Waals surface area contributed by atoms with Crippen LogP contribution in [0, 0.1) is 0 Å². The van der Waals surface area contributed by atoms with Gasteiger partial charge in [0.1, 0.15) is 12.0 Å². The zero-order valence-electron chi connectivity index (χ0n) is 6.98. The van der Waals surface area contributed by atoms with Crippen molar-refractivity contribution in [1.29, 1.82) is 0 Å². The van der Waals surface area contributed by atoms with Crippen molar-refractivity contribution >= 4 is 11.6 Å². The van der Waals surface area contributed by atoms with Crippen molar-refractivity contribution in [2.45, 2.75) is 0 Å². The molecule has 0 aliphatic heterocycles. The molecule has 66 valence electrons. The second kappa shape index (κ2) is 3.14. The minimum absolute atomic E-state index is 0.511. The average Bonchev–Trinajstić information content (AvgIpc) is 2.52. The first-order chi connectivity index (χ1) is 6.29. The molecule has 4 nitrogen and oxygen atoms in total. The summed E-state index contributed by atoms with van der Waals surface area (Å²) in [5, 5.41) is 0.511. The Bertz CT molecular complexity index is 424. The molecular weight excluding hydrogens is 188 g/mol. The number of hydrogen-bond donors (Lipinski definition) is 0. The van der Waals surface area contributed by atoms with E-state index in [-0.39, 0.29) is 0 Å². The largest absolute Gasteiger partial charge is 0.333 e. The number of hydrogen-bond acceptors (Lipinski definition) is 3. The minimum atomic E-state index is 0.511. The Morgan fingerprint density at radius 2 is 2.23 bits per heavy atom. The van der Waals surface area contributed by atoms with Crippen LogP contribution in [0.2, 0.25) is 5.02 Å². The molecule has 0 atom stereocenters. The topological polar surface area (TPSA) is 43.6 Å². The fourth-order valence-corrected chi connectivity index (χ4v) is 1.26. The molecule has 0 aliphatic rings. The highest BCUT2D eigenvalue weighted by Crippen LogP contribution is 2.21. The van der Waals surface area contributed by atoms with Gasteiger partial charge in [0.05, 0.1) is 5.02 Å². The normalized spacial score (nSPS) is 10.3. The van der Waals surface area contributed by atoms with Gasteiger partial charge in [-0.2, -0.15) is 0 Å². The van der Waals surface area contributed by atoms with Crippen molar-refractivity contribution in [3.8, 4) is 11.5 Å². The van der Waals surface area contributed by atoms with Crippen LogP contribution in [0.15, 0.2) is 24.9 Å². The molecule has 0 saturated carbocycles. The Labute approximate surface area is 80.2 Å².